The van der Waals surface area contributed by atoms with Crippen LogP contribution in [0.2, 0.25) is 10.0 Å². The van der Waals surface area contributed by atoms with Gasteiger partial charge in [-0.15, -0.1) is 0 Å². The average Bonchev–Trinajstić information content (AvgIpc) is 2.25. The summed E-state index contributed by atoms with van der Waals surface area (Å²) in [6.07, 6.45) is 2.33. The molecule has 16 heavy (non-hydrogen) atoms. The number of nitrogens with two attached hydrogens (primary N) is 1. The van der Waals surface area contributed by atoms with E-state index in [1.807, 2.05) is 24.3 Å². The number of anilines is 1. The first-order chi connectivity index (χ1) is 7.66. The van der Waals surface area contributed by atoms with Gasteiger partial charge >= 0.3 is 0 Å². The molecule has 0 fully saturated rings. The molecule has 0 aliphatic carbocycles. The summed E-state index contributed by atoms with van der Waals surface area (Å²) in [5, 5.41) is 1.28. The van der Waals surface area contributed by atoms with Crippen molar-refractivity contribution < 1.29 is 0 Å². The van der Waals surface area contributed by atoms with Crippen LogP contribution in [-0.2, 0) is 6.42 Å². The van der Waals surface area contributed by atoms with E-state index in [1.165, 1.54) is 0 Å². The summed E-state index contributed by atoms with van der Waals surface area (Å²) in [5.74, 6) is 0.536. The zero-order chi connectivity index (χ0) is 11.5. The van der Waals surface area contributed by atoms with Crippen LogP contribution in [0.4, 0.5) is 5.82 Å². The van der Waals surface area contributed by atoms with E-state index in [-0.39, 0.29) is 0 Å². The molecule has 4 heteroatoms. The SMILES string of the molecule is Nc1ncccc1Cc1ccc(Cl)cc1Cl. The van der Waals surface area contributed by atoms with Gasteiger partial charge in [-0.3, -0.25) is 0 Å². The zero-order valence-electron chi connectivity index (χ0n) is 8.45. The summed E-state index contributed by atoms with van der Waals surface area (Å²) in [6, 6.07) is 9.24. The molecule has 0 spiro atoms. The Bertz CT molecular complexity index is 512. The maximum atomic E-state index is 6.09. The number of pyridine rings is 1. The van der Waals surface area contributed by atoms with Gasteiger partial charge in [0.25, 0.3) is 0 Å². The normalized spacial score (nSPS) is 10.4. The summed E-state index contributed by atoms with van der Waals surface area (Å²) in [7, 11) is 0. The van der Waals surface area contributed by atoms with E-state index in [0.29, 0.717) is 22.3 Å². The number of nitrogens with zero attached hydrogens (tertiary/aromatic N) is 1. The van der Waals surface area contributed by atoms with E-state index in [1.54, 1.807) is 12.3 Å². The summed E-state index contributed by atoms with van der Waals surface area (Å²) in [6.45, 7) is 0. The van der Waals surface area contributed by atoms with Gasteiger partial charge in [0.05, 0.1) is 0 Å². The monoisotopic (exact) mass is 252 g/mol. The van der Waals surface area contributed by atoms with E-state index in [4.69, 9.17) is 28.9 Å². The van der Waals surface area contributed by atoms with Crippen LogP contribution >= 0.6 is 23.2 Å². The predicted molar refractivity (Wildman–Crippen MR) is 67.9 cm³/mol. The second kappa shape index (κ2) is 4.73. The van der Waals surface area contributed by atoms with Gasteiger partial charge in [0.15, 0.2) is 0 Å². The first kappa shape index (κ1) is 11.2. The van der Waals surface area contributed by atoms with Gasteiger partial charge in [0.2, 0.25) is 0 Å². The molecule has 2 nitrogen and oxygen atoms in total. The Morgan fingerprint density at radius 1 is 1.12 bits per heavy atom. The molecule has 1 aromatic heterocycles. The maximum absolute atomic E-state index is 6.09. The van der Waals surface area contributed by atoms with Crippen molar-refractivity contribution in [1.29, 1.82) is 0 Å². The van der Waals surface area contributed by atoms with Crippen LogP contribution < -0.4 is 5.73 Å². The highest BCUT2D eigenvalue weighted by molar-refractivity contribution is 6.35. The predicted octanol–water partition coefficient (Wildman–Crippen LogP) is 3.56. The highest BCUT2D eigenvalue weighted by atomic mass is 35.5. The van der Waals surface area contributed by atoms with Crippen LogP contribution in [0, 0.1) is 0 Å². The number of rotatable bonds is 2. The molecule has 1 aromatic carbocycles. The third-order valence-corrected chi connectivity index (χ3v) is 2.91. The van der Waals surface area contributed by atoms with Crippen molar-refractivity contribution in [3.63, 3.8) is 0 Å². The van der Waals surface area contributed by atoms with Gasteiger partial charge in [0.1, 0.15) is 5.82 Å². The van der Waals surface area contributed by atoms with Crippen molar-refractivity contribution in [2.75, 3.05) is 5.73 Å². The molecule has 0 saturated heterocycles. The van der Waals surface area contributed by atoms with Crippen molar-refractivity contribution in [3.05, 3.63) is 57.7 Å². The van der Waals surface area contributed by atoms with Gasteiger partial charge in [-0.1, -0.05) is 35.3 Å². The molecule has 82 valence electrons. The number of aromatic nitrogens is 1. The first-order valence-corrected chi connectivity index (χ1v) is 5.55. The van der Waals surface area contributed by atoms with E-state index < -0.39 is 0 Å². The fourth-order valence-electron chi connectivity index (χ4n) is 1.47. The maximum Gasteiger partial charge on any atom is 0.126 e. The standard InChI is InChI=1S/C12H10Cl2N2/c13-10-4-3-8(11(14)7-10)6-9-2-1-5-16-12(9)15/h1-5,7H,6H2,(H2,15,16). The fraction of sp³-hybridized carbons (Fsp3) is 0.0833. The molecule has 0 atom stereocenters. The minimum Gasteiger partial charge on any atom is -0.383 e. The van der Waals surface area contributed by atoms with Crippen LogP contribution in [0.3, 0.4) is 0 Å². The van der Waals surface area contributed by atoms with E-state index in [0.717, 1.165) is 11.1 Å². The molecular formula is C12H10Cl2N2. The quantitative estimate of drug-likeness (QED) is 0.888. The van der Waals surface area contributed by atoms with Gasteiger partial charge in [-0.05, 0) is 29.3 Å². The lowest BCUT2D eigenvalue weighted by molar-refractivity contribution is 1.15. The largest absolute Gasteiger partial charge is 0.383 e. The van der Waals surface area contributed by atoms with Crippen LogP contribution in [0.15, 0.2) is 36.5 Å². The van der Waals surface area contributed by atoms with Crippen molar-refractivity contribution in [2.24, 2.45) is 0 Å². The number of nitrogen functional groups attached to an aromatic ring is 1. The minimum absolute atomic E-state index is 0.536. The van der Waals surface area contributed by atoms with E-state index >= 15 is 0 Å². The molecular weight excluding hydrogens is 243 g/mol. The smallest absolute Gasteiger partial charge is 0.126 e. The highest BCUT2D eigenvalue weighted by Crippen LogP contribution is 2.24. The Kier molecular flexibility index (Phi) is 3.32. The lowest BCUT2D eigenvalue weighted by Gasteiger charge is -2.06. The van der Waals surface area contributed by atoms with Crippen molar-refractivity contribution in [2.45, 2.75) is 6.42 Å². The average molecular weight is 253 g/mol. The Balaban J connectivity index is 2.31. The van der Waals surface area contributed by atoms with Gasteiger partial charge < -0.3 is 5.73 Å². The third kappa shape index (κ3) is 2.46. The van der Waals surface area contributed by atoms with Crippen LogP contribution in [0.1, 0.15) is 11.1 Å². The molecule has 2 rings (SSSR count). The number of hydrogen-bond donors (Lipinski definition) is 1. The van der Waals surface area contributed by atoms with Gasteiger partial charge in [0, 0.05) is 22.7 Å². The molecule has 0 bridgehead atoms. The Morgan fingerprint density at radius 3 is 2.62 bits per heavy atom. The summed E-state index contributed by atoms with van der Waals surface area (Å²) >= 11 is 11.9. The van der Waals surface area contributed by atoms with E-state index in [2.05, 4.69) is 4.98 Å². The van der Waals surface area contributed by atoms with Crippen molar-refractivity contribution in [1.82, 2.24) is 4.98 Å². The van der Waals surface area contributed by atoms with Gasteiger partial charge in [-0.2, -0.15) is 0 Å². The van der Waals surface area contributed by atoms with Crippen LogP contribution in [-0.4, -0.2) is 4.98 Å². The molecule has 1 heterocycles. The lowest BCUT2D eigenvalue weighted by atomic mass is 10.1. The zero-order valence-corrected chi connectivity index (χ0v) is 9.96. The number of halogens is 2. The van der Waals surface area contributed by atoms with Crippen molar-refractivity contribution in [3.8, 4) is 0 Å². The van der Waals surface area contributed by atoms with Crippen molar-refractivity contribution >= 4 is 29.0 Å². The van der Waals surface area contributed by atoms with Gasteiger partial charge in [-0.25, -0.2) is 4.98 Å². The van der Waals surface area contributed by atoms with E-state index in [9.17, 15) is 0 Å². The molecule has 0 unspecified atom stereocenters. The number of hydrogen-bond acceptors (Lipinski definition) is 2. The molecule has 0 amide bonds. The Morgan fingerprint density at radius 2 is 1.94 bits per heavy atom. The Hall–Kier alpha value is -1.25. The Labute approximate surface area is 104 Å². The van der Waals surface area contributed by atoms with Crippen LogP contribution in [0.25, 0.3) is 0 Å². The molecule has 0 aliphatic rings. The highest BCUT2D eigenvalue weighted by Gasteiger charge is 2.05. The summed E-state index contributed by atoms with van der Waals surface area (Å²) in [4.78, 5) is 4.03. The first-order valence-electron chi connectivity index (χ1n) is 4.80. The van der Waals surface area contributed by atoms with Crippen LogP contribution in [0.5, 0.6) is 0 Å². The minimum atomic E-state index is 0.536. The second-order valence-corrected chi connectivity index (χ2v) is 4.30. The molecule has 0 radical (unpaired) electrons. The summed E-state index contributed by atoms with van der Waals surface area (Å²) < 4.78 is 0. The molecule has 0 aliphatic heterocycles. The third-order valence-electron chi connectivity index (χ3n) is 2.32. The number of benzene rings is 1. The second-order valence-electron chi connectivity index (χ2n) is 3.46. The summed E-state index contributed by atoms with van der Waals surface area (Å²) in [5.41, 5.74) is 7.72. The molecule has 2 N–H and O–H groups in total. The topological polar surface area (TPSA) is 38.9 Å². The molecule has 0 saturated carbocycles. The lowest BCUT2D eigenvalue weighted by Crippen LogP contribution is -1.98. The molecule has 2 aromatic rings. The fourth-order valence-corrected chi connectivity index (χ4v) is 1.95.